The maximum atomic E-state index is 2.44. The molecule has 0 nitrogen and oxygen atoms in total. The summed E-state index contributed by atoms with van der Waals surface area (Å²) in [6, 6.07) is 60.3. The monoisotopic (exact) mass is 598 g/mol. The van der Waals surface area contributed by atoms with E-state index in [0.717, 1.165) is 6.42 Å². The van der Waals surface area contributed by atoms with E-state index in [4.69, 9.17) is 0 Å². The van der Waals surface area contributed by atoms with Crippen LogP contribution in [-0.2, 0) is 6.42 Å². The summed E-state index contributed by atoms with van der Waals surface area (Å²) in [6.45, 7) is 2.27. The van der Waals surface area contributed by atoms with Crippen molar-refractivity contribution >= 4 is 28.5 Å². The minimum atomic E-state index is -2.29. The Labute approximate surface area is 249 Å². The first-order valence-electron chi connectivity index (χ1n) is 13.7. The van der Waals surface area contributed by atoms with Gasteiger partial charge in [-0.25, -0.2) is 0 Å². The van der Waals surface area contributed by atoms with Crippen LogP contribution < -0.4 is 38.2 Å². The van der Waals surface area contributed by atoms with Crippen LogP contribution in [0.1, 0.15) is 12.5 Å². The minimum absolute atomic E-state index is 0. The van der Waals surface area contributed by atoms with Crippen LogP contribution in [-0.4, -0.2) is 0 Å². The summed E-state index contributed by atoms with van der Waals surface area (Å²) in [6.07, 6.45) is 0.970. The van der Waals surface area contributed by atoms with E-state index in [-0.39, 0.29) is 17.0 Å². The lowest BCUT2D eigenvalue weighted by Crippen LogP contribution is -3.00. The Bertz CT molecular complexity index is 1550. The molecule has 0 saturated carbocycles. The van der Waals surface area contributed by atoms with E-state index in [1.54, 1.807) is 0 Å². The van der Waals surface area contributed by atoms with Crippen molar-refractivity contribution in [3.05, 3.63) is 169 Å². The van der Waals surface area contributed by atoms with Gasteiger partial charge in [0, 0.05) is 5.56 Å². The normalized spacial score (nSPS) is 11.0. The van der Waals surface area contributed by atoms with Crippen molar-refractivity contribution in [1.82, 2.24) is 0 Å². The molecule has 0 amide bonds. The summed E-state index contributed by atoms with van der Waals surface area (Å²) in [5.74, 6) is 0. The molecule has 2 heteroatoms. The Hall–Kier alpha value is -3.77. The molecule has 0 N–H and O–H groups in total. The van der Waals surface area contributed by atoms with E-state index >= 15 is 0 Å². The van der Waals surface area contributed by atoms with Crippen LogP contribution >= 0.6 is 7.26 Å². The van der Waals surface area contributed by atoms with Crippen molar-refractivity contribution in [2.75, 3.05) is 0 Å². The second kappa shape index (κ2) is 12.6. The summed E-state index contributed by atoms with van der Waals surface area (Å²) in [5, 5.41) is 5.49. The maximum Gasteiger partial charge on any atom is 0.144 e. The third-order valence-corrected chi connectivity index (χ3v) is 11.9. The molecule has 40 heavy (non-hydrogen) atoms. The fourth-order valence-electron chi connectivity index (χ4n) is 5.86. The molecular formula is C38H32BrP. The number of rotatable bonds is 7. The molecule has 6 aromatic rings. The number of benzene rings is 6. The van der Waals surface area contributed by atoms with Gasteiger partial charge >= 0.3 is 0 Å². The van der Waals surface area contributed by atoms with Gasteiger partial charge in [-0.1, -0.05) is 128 Å². The van der Waals surface area contributed by atoms with Crippen molar-refractivity contribution in [3.8, 4) is 22.3 Å². The molecule has 0 atom stereocenters. The molecule has 0 saturated heterocycles. The van der Waals surface area contributed by atoms with E-state index in [9.17, 15) is 0 Å². The predicted molar refractivity (Wildman–Crippen MR) is 171 cm³/mol. The SMILES string of the molecule is CCc1ccc([P+](c2ccccc2)(c2ccccc2)c2ccccc2)c(-c2ccccc2)c1-c1ccccc1.[Br-]. The van der Waals surface area contributed by atoms with Gasteiger partial charge in [0.1, 0.15) is 28.5 Å². The quantitative estimate of drug-likeness (QED) is 0.221. The van der Waals surface area contributed by atoms with Gasteiger partial charge in [0.05, 0.1) is 0 Å². The lowest BCUT2D eigenvalue weighted by molar-refractivity contribution is -0.00000741. The standard InChI is InChI=1S/C38H32P.BrH/c1-2-30-28-29-36(38(32-20-10-4-11-21-32)37(30)31-18-8-3-9-19-31)39(33-22-12-5-13-23-33,34-24-14-6-15-25-34)35-26-16-7-17-27-35;/h3-29H,2H2,1H3;1H/q+1;/p-1. The van der Waals surface area contributed by atoms with Crippen LogP contribution in [0.15, 0.2) is 164 Å². The summed E-state index contributed by atoms with van der Waals surface area (Å²) in [4.78, 5) is 0. The Morgan fingerprint density at radius 3 is 1.12 bits per heavy atom. The Kier molecular flexibility index (Phi) is 8.75. The first-order chi connectivity index (χ1) is 19.3. The number of hydrogen-bond acceptors (Lipinski definition) is 0. The van der Waals surface area contributed by atoms with Gasteiger partial charge in [-0.2, -0.15) is 0 Å². The summed E-state index contributed by atoms with van der Waals surface area (Å²) in [7, 11) is -2.29. The van der Waals surface area contributed by atoms with Crippen LogP contribution in [0.4, 0.5) is 0 Å². The van der Waals surface area contributed by atoms with Crippen LogP contribution in [0.5, 0.6) is 0 Å². The van der Waals surface area contributed by atoms with Crippen LogP contribution in [0, 0.1) is 0 Å². The highest BCUT2D eigenvalue weighted by Gasteiger charge is 2.49. The van der Waals surface area contributed by atoms with Gasteiger partial charge < -0.3 is 17.0 Å². The molecule has 0 heterocycles. The first kappa shape index (κ1) is 27.8. The molecule has 0 aliphatic rings. The number of aryl methyl sites for hydroxylation is 1. The number of halogens is 1. The Morgan fingerprint density at radius 2 is 0.750 bits per heavy atom. The molecule has 0 unspecified atom stereocenters. The van der Waals surface area contributed by atoms with Gasteiger partial charge in [-0.15, -0.1) is 0 Å². The highest BCUT2D eigenvalue weighted by Crippen LogP contribution is 2.57. The highest BCUT2D eigenvalue weighted by molar-refractivity contribution is 8.01. The maximum absolute atomic E-state index is 2.44. The van der Waals surface area contributed by atoms with Gasteiger partial charge in [0.25, 0.3) is 0 Å². The molecular weight excluding hydrogens is 567 g/mol. The lowest BCUT2D eigenvalue weighted by Gasteiger charge is -2.31. The predicted octanol–water partition coefficient (Wildman–Crippen LogP) is 5.21. The van der Waals surface area contributed by atoms with Crippen molar-refractivity contribution in [1.29, 1.82) is 0 Å². The molecule has 0 aliphatic heterocycles. The zero-order valence-corrected chi connectivity index (χ0v) is 25.1. The fraction of sp³-hybridized carbons (Fsp3) is 0.0526. The Morgan fingerprint density at radius 1 is 0.400 bits per heavy atom. The third-order valence-electron chi connectivity index (χ3n) is 7.57. The van der Waals surface area contributed by atoms with E-state index in [2.05, 4.69) is 171 Å². The Balaban J connectivity index is 0.00000323. The molecule has 0 aliphatic carbocycles. The minimum Gasteiger partial charge on any atom is -1.00 e. The number of hydrogen-bond donors (Lipinski definition) is 0. The molecule has 0 aromatic heterocycles. The van der Waals surface area contributed by atoms with Crippen LogP contribution in [0.3, 0.4) is 0 Å². The fourth-order valence-corrected chi connectivity index (χ4v) is 10.3. The van der Waals surface area contributed by atoms with Gasteiger partial charge in [0.2, 0.25) is 0 Å². The smallest absolute Gasteiger partial charge is 0.144 e. The van der Waals surface area contributed by atoms with E-state index < -0.39 is 7.26 Å². The second-order valence-electron chi connectivity index (χ2n) is 9.76. The molecule has 6 rings (SSSR count). The molecule has 6 aromatic carbocycles. The average Bonchev–Trinajstić information content (AvgIpc) is 3.03. The zero-order valence-electron chi connectivity index (χ0n) is 22.6. The summed E-state index contributed by atoms with van der Waals surface area (Å²) >= 11 is 0. The average molecular weight is 600 g/mol. The van der Waals surface area contributed by atoms with Crippen LogP contribution in [0.2, 0.25) is 0 Å². The van der Waals surface area contributed by atoms with Crippen molar-refractivity contribution < 1.29 is 17.0 Å². The van der Waals surface area contributed by atoms with E-state index in [0.29, 0.717) is 0 Å². The summed E-state index contributed by atoms with van der Waals surface area (Å²) in [5.41, 5.74) is 6.58. The van der Waals surface area contributed by atoms with E-state index in [1.807, 2.05) is 0 Å². The van der Waals surface area contributed by atoms with Gasteiger partial charge in [-0.3, -0.25) is 0 Å². The zero-order chi connectivity index (χ0) is 26.5. The van der Waals surface area contributed by atoms with Gasteiger partial charge in [-0.05, 0) is 71.1 Å². The first-order valence-corrected chi connectivity index (χ1v) is 15.5. The van der Waals surface area contributed by atoms with E-state index in [1.165, 1.54) is 49.0 Å². The molecule has 0 radical (unpaired) electrons. The topological polar surface area (TPSA) is 0 Å². The molecule has 0 spiro atoms. The summed E-state index contributed by atoms with van der Waals surface area (Å²) < 4.78 is 0. The third kappa shape index (κ3) is 4.97. The van der Waals surface area contributed by atoms with Crippen molar-refractivity contribution in [2.45, 2.75) is 13.3 Å². The molecule has 0 fully saturated rings. The van der Waals surface area contributed by atoms with Crippen molar-refractivity contribution in [3.63, 3.8) is 0 Å². The van der Waals surface area contributed by atoms with Gasteiger partial charge in [0.15, 0.2) is 0 Å². The molecule has 196 valence electrons. The largest absolute Gasteiger partial charge is 1.00 e. The lowest BCUT2D eigenvalue weighted by atomic mass is 9.89. The van der Waals surface area contributed by atoms with Crippen molar-refractivity contribution in [2.24, 2.45) is 0 Å². The second-order valence-corrected chi connectivity index (χ2v) is 13.1. The molecule has 0 bridgehead atoms. The highest BCUT2D eigenvalue weighted by atomic mass is 79.9. The van der Waals surface area contributed by atoms with Crippen LogP contribution in [0.25, 0.3) is 22.3 Å².